The van der Waals surface area contributed by atoms with E-state index in [-0.39, 0.29) is 11.8 Å². The molecule has 130 valence electrons. The SMILES string of the molecule is O=C(NCCc1ccc(OC(F)F)cc1)Nn1cnc2ccccc21. The molecule has 8 heteroatoms. The fraction of sp³-hybridized carbons (Fsp3) is 0.176. The molecule has 2 aromatic carbocycles. The summed E-state index contributed by atoms with van der Waals surface area (Å²) >= 11 is 0. The minimum Gasteiger partial charge on any atom is -0.435 e. The Bertz CT molecular complexity index is 849. The Hall–Kier alpha value is -3.16. The molecule has 2 amide bonds. The third-order valence-corrected chi connectivity index (χ3v) is 3.52. The lowest BCUT2D eigenvalue weighted by Crippen LogP contribution is -2.35. The monoisotopic (exact) mass is 346 g/mol. The maximum atomic E-state index is 12.1. The van der Waals surface area contributed by atoms with Crippen LogP contribution in [-0.4, -0.2) is 28.8 Å². The molecular weight excluding hydrogens is 330 g/mol. The maximum absolute atomic E-state index is 12.1. The fourth-order valence-electron chi connectivity index (χ4n) is 2.36. The van der Waals surface area contributed by atoms with Crippen molar-refractivity contribution in [2.75, 3.05) is 12.0 Å². The Labute approximate surface area is 142 Å². The first kappa shape index (κ1) is 16.7. The van der Waals surface area contributed by atoms with E-state index in [9.17, 15) is 13.6 Å². The van der Waals surface area contributed by atoms with Crippen LogP contribution < -0.4 is 15.5 Å². The van der Waals surface area contributed by atoms with Crippen LogP contribution in [0.1, 0.15) is 5.56 Å². The topological polar surface area (TPSA) is 68.2 Å². The molecule has 0 unspecified atom stereocenters. The number of carbonyl (C=O) groups excluding carboxylic acids is 1. The lowest BCUT2D eigenvalue weighted by Gasteiger charge is -2.09. The highest BCUT2D eigenvalue weighted by molar-refractivity contribution is 5.85. The number of fused-ring (bicyclic) bond motifs is 1. The summed E-state index contributed by atoms with van der Waals surface area (Å²) in [6, 6.07) is 13.4. The van der Waals surface area contributed by atoms with Crippen LogP contribution in [0, 0.1) is 0 Å². The quantitative estimate of drug-likeness (QED) is 0.720. The van der Waals surface area contributed by atoms with Crippen LogP contribution in [0.5, 0.6) is 5.75 Å². The van der Waals surface area contributed by atoms with E-state index in [1.807, 2.05) is 24.3 Å². The number of ether oxygens (including phenoxy) is 1. The number of aromatic nitrogens is 2. The third-order valence-electron chi connectivity index (χ3n) is 3.52. The molecule has 0 saturated carbocycles. The number of rotatable bonds is 6. The van der Waals surface area contributed by atoms with Gasteiger partial charge in [-0.25, -0.2) is 19.9 Å². The molecule has 0 aliphatic rings. The highest BCUT2D eigenvalue weighted by atomic mass is 19.3. The van der Waals surface area contributed by atoms with Crippen molar-refractivity contribution in [3.05, 3.63) is 60.4 Å². The van der Waals surface area contributed by atoms with Gasteiger partial charge in [0.05, 0.1) is 11.0 Å². The molecule has 2 N–H and O–H groups in total. The minimum atomic E-state index is -2.84. The number of imidazole rings is 1. The summed E-state index contributed by atoms with van der Waals surface area (Å²) in [5, 5.41) is 2.73. The van der Waals surface area contributed by atoms with E-state index in [1.165, 1.54) is 18.5 Å². The lowest BCUT2D eigenvalue weighted by atomic mass is 10.1. The second-order valence-electron chi connectivity index (χ2n) is 5.24. The van der Waals surface area contributed by atoms with Gasteiger partial charge in [0.1, 0.15) is 12.1 Å². The van der Waals surface area contributed by atoms with Crippen LogP contribution in [0.2, 0.25) is 0 Å². The standard InChI is InChI=1S/C17H16F2N4O2/c18-16(19)25-13-7-5-12(6-8-13)9-10-20-17(24)22-23-11-21-14-3-1-2-4-15(14)23/h1-8,11,16H,9-10H2,(H2,20,22,24). The zero-order valence-corrected chi connectivity index (χ0v) is 13.2. The molecule has 0 bridgehead atoms. The number of halogens is 2. The van der Waals surface area contributed by atoms with E-state index in [2.05, 4.69) is 20.5 Å². The fourth-order valence-corrected chi connectivity index (χ4v) is 2.36. The van der Waals surface area contributed by atoms with Gasteiger partial charge in [-0.15, -0.1) is 0 Å². The number of urea groups is 1. The van der Waals surface area contributed by atoms with Gasteiger partial charge in [0, 0.05) is 6.54 Å². The zero-order chi connectivity index (χ0) is 17.6. The van der Waals surface area contributed by atoms with Gasteiger partial charge in [0.15, 0.2) is 0 Å². The highest BCUT2D eigenvalue weighted by Crippen LogP contribution is 2.15. The van der Waals surface area contributed by atoms with Crippen LogP contribution in [0.4, 0.5) is 13.6 Å². The highest BCUT2D eigenvalue weighted by Gasteiger charge is 2.06. The number of carbonyl (C=O) groups is 1. The summed E-state index contributed by atoms with van der Waals surface area (Å²) in [5.41, 5.74) is 5.17. The van der Waals surface area contributed by atoms with Crippen LogP contribution >= 0.6 is 0 Å². The molecule has 0 aliphatic heterocycles. The molecule has 0 fully saturated rings. The number of benzene rings is 2. The predicted octanol–water partition coefficient (Wildman–Crippen LogP) is 3.13. The molecule has 3 rings (SSSR count). The van der Waals surface area contributed by atoms with Crippen molar-refractivity contribution in [2.45, 2.75) is 13.0 Å². The van der Waals surface area contributed by atoms with E-state index >= 15 is 0 Å². The summed E-state index contributed by atoms with van der Waals surface area (Å²) in [6.45, 7) is -2.44. The molecule has 0 spiro atoms. The number of hydrogen-bond acceptors (Lipinski definition) is 3. The molecule has 3 aromatic rings. The largest absolute Gasteiger partial charge is 0.435 e. The Morgan fingerprint density at radius 3 is 2.68 bits per heavy atom. The number of nitrogens with zero attached hydrogens (tertiary/aromatic N) is 2. The second-order valence-corrected chi connectivity index (χ2v) is 5.24. The third kappa shape index (κ3) is 4.43. The average molecular weight is 346 g/mol. The summed E-state index contributed by atoms with van der Waals surface area (Å²) in [6.07, 6.45) is 2.10. The summed E-state index contributed by atoms with van der Waals surface area (Å²) in [5.74, 6) is 0.108. The van der Waals surface area contributed by atoms with Crippen LogP contribution in [0.15, 0.2) is 54.9 Å². The van der Waals surface area contributed by atoms with Gasteiger partial charge in [0.2, 0.25) is 0 Å². The van der Waals surface area contributed by atoms with Crippen molar-refractivity contribution in [1.82, 2.24) is 15.0 Å². The van der Waals surface area contributed by atoms with Gasteiger partial charge >= 0.3 is 12.6 Å². The van der Waals surface area contributed by atoms with E-state index in [0.717, 1.165) is 16.6 Å². The van der Waals surface area contributed by atoms with E-state index < -0.39 is 6.61 Å². The number of amides is 2. The number of para-hydroxylation sites is 2. The molecule has 0 radical (unpaired) electrons. The molecule has 25 heavy (non-hydrogen) atoms. The Morgan fingerprint density at radius 2 is 1.92 bits per heavy atom. The number of alkyl halides is 2. The van der Waals surface area contributed by atoms with Crippen LogP contribution in [0.3, 0.4) is 0 Å². The van der Waals surface area contributed by atoms with Crippen molar-refractivity contribution < 1.29 is 18.3 Å². The van der Waals surface area contributed by atoms with Crippen molar-refractivity contribution in [2.24, 2.45) is 0 Å². The minimum absolute atomic E-state index is 0.108. The molecule has 1 heterocycles. The summed E-state index contributed by atoms with van der Waals surface area (Å²) in [7, 11) is 0. The van der Waals surface area contributed by atoms with Gasteiger partial charge in [-0.05, 0) is 36.2 Å². The van der Waals surface area contributed by atoms with Gasteiger partial charge in [-0.3, -0.25) is 0 Å². The molecule has 0 saturated heterocycles. The van der Waals surface area contributed by atoms with E-state index in [4.69, 9.17) is 0 Å². The van der Waals surface area contributed by atoms with Crippen molar-refractivity contribution in [3.63, 3.8) is 0 Å². The number of hydrogen-bond donors (Lipinski definition) is 2. The predicted molar refractivity (Wildman–Crippen MR) is 89.3 cm³/mol. The Kier molecular flexibility index (Phi) is 5.08. The van der Waals surface area contributed by atoms with Crippen molar-refractivity contribution in [1.29, 1.82) is 0 Å². The van der Waals surface area contributed by atoms with Gasteiger partial charge in [-0.2, -0.15) is 8.78 Å². The van der Waals surface area contributed by atoms with E-state index in [1.54, 1.807) is 16.8 Å². The first-order chi connectivity index (χ1) is 12.1. The summed E-state index contributed by atoms with van der Waals surface area (Å²) in [4.78, 5) is 16.1. The Balaban J connectivity index is 1.48. The maximum Gasteiger partial charge on any atom is 0.387 e. The van der Waals surface area contributed by atoms with Crippen LogP contribution in [0.25, 0.3) is 11.0 Å². The molecule has 6 nitrogen and oxygen atoms in total. The van der Waals surface area contributed by atoms with Gasteiger partial charge in [0.25, 0.3) is 0 Å². The lowest BCUT2D eigenvalue weighted by molar-refractivity contribution is -0.0498. The smallest absolute Gasteiger partial charge is 0.387 e. The normalized spacial score (nSPS) is 10.8. The van der Waals surface area contributed by atoms with Gasteiger partial charge < -0.3 is 10.1 Å². The van der Waals surface area contributed by atoms with Gasteiger partial charge in [-0.1, -0.05) is 24.3 Å². The average Bonchev–Trinajstić information content (AvgIpc) is 2.99. The van der Waals surface area contributed by atoms with E-state index in [0.29, 0.717) is 13.0 Å². The molecule has 1 aromatic heterocycles. The zero-order valence-electron chi connectivity index (χ0n) is 13.2. The molecule has 0 atom stereocenters. The molecule has 0 aliphatic carbocycles. The second kappa shape index (κ2) is 7.61. The first-order valence-corrected chi connectivity index (χ1v) is 7.62. The Morgan fingerprint density at radius 1 is 1.16 bits per heavy atom. The summed E-state index contributed by atoms with van der Waals surface area (Å²) < 4.78 is 30.0. The van der Waals surface area contributed by atoms with Crippen molar-refractivity contribution >= 4 is 17.1 Å². The molecular formula is C17H16F2N4O2. The van der Waals surface area contributed by atoms with Crippen LogP contribution in [-0.2, 0) is 6.42 Å². The van der Waals surface area contributed by atoms with Crippen molar-refractivity contribution in [3.8, 4) is 5.75 Å². The first-order valence-electron chi connectivity index (χ1n) is 7.62. The number of nitrogens with one attached hydrogen (secondary N) is 2.